The molecular formula is C33H52O. The third-order valence-corrected chi connectivity index (χ3v) is 8.00. The van der Waals surface area contributed by atoms with Gasteiger partial charge in [0.05, 0.1) is 7.11 Å². The zero-order valence-electron chi connectivity index (χ0n) is 23.5. The van der Waals surface area contributed by atoms with Gasteiger partial charge in [-0.3, -0.25) is 0 Å². The van der Waals surface area contributed by atoms with Crippen LogP contribution in [-0.2, 0) is 5.41 Å². The molecule has 0 heterocycles. The van der Waals surface area contributed by atoms with E-state index in [-0.39, 0.29) is 5.41 Å². The lowest BCUT2D eigenvalue weighted by atomic mass is 9.58. The lowest BCUT2D eigenvalue weighted by molar-refractivity contribution is 0.104. The van der Waals surface area contributed by atoms with Crippen molar-refractivity contribution < 1.29 is 4.74 Å². The van der Waals surface area contributed by atoms with Gasteiger partial charge in [0.2, 0.25) is 0 Å². The Kier molecular flexibility index (Phi) is 11.2. The molecule has 0 bridgehead atoms. The van der Waals surface area contributed by atoms with Crippen molar-refractivity contribution in [3.8, 4) is 5.75 Å². The summed E-state index contributed by atoms with van der Waals surface area (Å²) >= 11 is 0. The maximum atomic E-state index is 5.40. The van der Waals surface area contributed by atoms with Crippen LogP contribution in [0.25, 0.3) is 0 Å². The Morgan fingerprint density at radius 1 is 0.912 bits per heavy atom. The number of rotatable bonds is 4. The maximum absolute atomic E-state index is 5.40. The summed E-state index contributed by atoms with van der Waals surface area (Å²) in [5.41, 5.74) is 3.72. The normalized spacial score (nSPS) is 27.9. The van der Waals surface area contributed by atoms with Crippen LogP contribution < -0.4 is 4.74 Å². The number of hydrogen-bond donors (Lipinski definition) is 0. The minimum atomic E-state index is 0.289. The minimum absolute atomic E-state index is 0.289. The highest BCUT2D eigenvalue weighted by molar-refractivity contribution is 5.34. The highest BCUT2D eigenvalue weighted by atomic mass is 16.5. The summed E-state index contributed by atoms with van der Waals surface area (Å²) in [6.07, 6.45) is 10.9. The lowest BCUT2D eigenvalue weighted by Gasteiger charge is -2.47. The molecule has 0 aromatic heterocycles. The van der Waals surface area contributed by atoms with Gasteiger partial charge in [-0.25, -0.2) is 0 Å². The molecule has 1 heteroatoms. The lowest BCUT2D eigenvalue weighted by Crippen LogP contribution is -2.38. The molecule has 2 unspecified atom stereocenters. The number of methoxy groups -OCH3 is 1. The van der Waals surface area contributed by atoms with Gasteiger partial charge in [-0.05, 0) is 83.9 Å². The Morgan fingerprint density at radius 2 is 1.62 bits per heavy atom. The average Bonchev–Trinajstić information content (AvgIpc) is 2.85. The van der Waals surface area contributed by atoms with Gasteiger partial charge in [-0.15, -0.1) is 0 Å². The molecule has 2 aliphatic rings. The van der Waals surface area contributed by atoms with Gasteiger partial charge < -0.3 is 4.74 Å². The Morgan fingerprint density at radius 3 is 2.24 bits per heavy atom. The molecule has 2 fully saturated rings. The van der Waals surface area contributed by atoms with Gasteiger partial charge in [0.15, 0.2) is 0 Å². The van der Waals surface area contributed by atoms with Crippen LogP contribution in [0.3, 0.4) is 0 Å². The molecule has 1 nitrogen and oxygen atoms in total. The van der Waals surface area contributed by atoms with Gasteiger partial charge >= 0.3 is 0 Å². The summed E-state index contributed by atoms with van der Waals surface area (Å²) in [5, 5.41) is 0. The van der Waals surface area contributed by atoms with Gasteiger partial charge in [-0.1, -0.05) is 110 Å². The van der Waals surface area contributed by atoms with E-state index in [4.69, 9.17) is 4.74 Å². The SMILES string of the molecule is CC.CCC1CC(C)(C)CC(C)(c2cccc(OC)c2)C1.C[C@H]1CCC[C@@H](c2ccccc2)C1. The van der Waals surface area contributed by atoms with Crippen molar-refractivity contribution >= 4 is 0 Å². The third kappa shape index (κ3) is 8.17. The Labute approximate surface area is 211 Å². The zero-order chi connectivity index (χ0) is 25.2. The fraction of sp³-hybridized carbons (Fsp3) is 0.636. The largest absolute Gasteiger partial charge is 0.497 e. The first kappa shape index (κ1) is 28.5. The highest BCUT2D eigenvalue weighted by Gasteiger charge is 2.41. The highest BCUT2D eigenvalue weighted by Crippen LogP contribution is 2.51. The van der Waals surface area contributed by atoms with Gasteiger partial charge in [0.1, 0.15) is 5.75 Å². The third-order valence-electron chi connectivity index (χ3n) is 8.00. The maximum Gasteiger partial charge on any atom is 0.119 e. The van der Waals surface area contributed by atoms with E-state index in [0.29, 0.717) is 5.41 Å². The average molecular weight is 465 g/mol. The molecule has 0 amide bonds. The smallest absolute Gasteiger partial charge is 0.119 e. The van der Waals surface area contributed by atoms with Crippen molar-refractivity contribution in [2.24, 2.45) is 17.3 Å². The fourth-order valence-corrected chi connectivity index (χ4v) is 6.66. The molecule has 4 rings (SSSR count). The second-order valence-electron chi connectivity index (χ2n) is 11.7. The molecule has 190 valence electrons. The van der Waals surface area contributed by atoms with E-state index in [9.17, 15) is 0 Å². The van der Waals surface area contributed by atoms with Crippen molar-refractivity contribution in [2.75, 3.05) is 7.11 Å². The molecule has 2 aliphatic carbocycles. The second-order valence-corrected chi connectivity index (χ2v) is 11.7. The second kappa shape index (κ2) is 13.4. The minimum Gasteiger partial charge on any atom is -0.497 e. The van der Waals surface area contributed by atoms with Crippen molar-refractivity contribution in [1.82, 2.24) is 0 Å². The predicted molar refractivity (Wildman–Crippen MR) is 150 cm³/mol. The van der Waals surface area contributed by atoms with E-state index in [2.05, 4.69) is 83.1 Å². The van der Waals surface area contributed by atoms with Crippen molar-refractivity contribution in [1.29, 1.82) is 0 Å². The fourth-order valence-electron chi connectivity index (χ4n) is 6.66. The zero-order valence-corrected chi connectivity index (χ0v) is 23.5. The summed E-state index contributed by atoms with van der Waals surface area (Å²) < 4.78 is 5.40. The molecule has 0 spiro atoms. The van der Waals surface area contributed by atoms with Gasteiger partial charge in [-0.2, -0.15) is 0 Å². The van der Waals surface area contributed by atoms with E-state index < -0.39 is 0 Å². The van der Waals surface area contributed by atoms with E-state index >= 15 is 0 Å². The number of ether oxygens (including phenoxy) is 1. The van der Waals surface area contributed by atoms with Crippen molar-refractivity contribution in [3.05, 3.63) is 65.7 Å². The van der Waals surface area contributed by atoms with Crippen LogP contribution in [0.2, 0.25) is 0 Å². The number of benzene rings is 2. The monoisotopic (exact) mass is 464 g/mol. The standard InChI is InChI=1S/C18H28O.C13H18.C2H6/c1-6-14-11-17(2,3)13-18(4,12-14)15-8-7-9-16(10-15)19-5;1-11-6-5-9-13(10-11)12-7-3-2-4-8-12;1-2/h7-10,14H,6,11-13H2,1-5H3;2-4,7-8,11,13H,5-6,9-10H2,1H3;1-2H3/t;11-,13+;/m.0./s1. The summed E-state index contributed by atoms with van der Waals surface area (Å²) in [7, 11) is 1.75. The van der Waals surface area contributed by atoms with Crippen molar-refractivity contribution in [3.63, 3.8) is 0 Å². The van der Waals surface area contributed by atoms with Crippen LogP contribution in [0.4, 0.5) is 0 Å². The summed E-state index contributed by atoms with van der Waals surface area (Å²) in [5.74, 6) is 3.60. The first-order valence-electron chi connectivity index (χ1n) is 13.9. The Balaban J connectivity index is 0.000000237. The molecule has 2 aromatic rings. The Bertz CT molecular complexity index is 823. The van der Waals surface area contributed by atoms with E-state index in [0.717, 1.165) is 23.5 Å². The summed E-state index contributed by atoms with van der Waals surface area (Å²) in [6, 6.07) is 19.7. The van der Waals surface area contributed by atoms with E-state index in [1.165, 1.54) is 56.9 Å². The van der Waals surface area contributed by atoms with Crippen LogP contribution in [0.1, 0.15) is 117 Å². The molecule has 0 aliphatic heterocycles. The summed E-state index contributed by atoms with van der Waals surface area (Å²) in [6.45, 7) is 16.0. The molecule has 0 N–H and O–H groups in total. The number of hydrogen-bond acceptors (Lipinski definition) is 1. The van der Waals surface area contributed by atoms with Gasteiger partial charge in [0, 0.05) is 0 Å². The van der Waals surface area contributed by atoms with Crippen LogP contribution in [0, 0.1) is 17.3 Å². The molecular weight excluding hydrogens is 412 g/mol. The molecule has 34 heavy (non-hydrogen) atoms. The first-order chi connectivity index (χ1) is 16.2. The molecule has 2 aromatic carbocycles. The molecule has 0 radical (unpaired) electrons. The first-order valence-corrected chi connectivity index (χ1v) is 13.9. The molecule has 0 saturated heterocycles. The molecule has 2 saturated carbocycles. The van der Waals surface area contributed by atoms with Crippen molar-refractivity contribution in [2.45, 2.75) is 111 Å². The summed E-state index contributed by atoms with van der Waals surface area (Å²) in [4.78, 5) is 0. The van der Waals surface area contributed by atoms with E-state index in [1.54, 1.807) is 12.7 Å². The van der Waals surface area contributed by atoms with Crippen LogP contribution in [0.15, 0.2) is 54.6 Å². The Hall–Kier alpha value is -1.76. The topological polar surface area (TPSA) is 9.23 Å². The van der Waals surface area contributed by atoms with Crippen LogP contribution in [0.5, 0.6) is 5.75 Å². The van der Waals surface area contributed by atoms with Crippen LogP contribution in [-0.4, -0.2) is 7.11 Å². The van der Waals surface area contributed by atoms with Crippen LogP contribution >= 0.6 is 0 Å². The molecule has 4 atom stereocenters. The predicted octanol–water partition coefficient (Wildman–Crippen LogP) is 10.2. The quantitative estimate of drug-likeness (QED) is 0.437. The van der Waals surface area contributed by atoms with Gasteiger partial charge in [0.25, 0.3) is 0 Å². The van der Waals surface area contributed by atoms with E-state index in [1.807, 2.05) is 19.9 Å².